The highest BCUT2D eigenvalue weighted by atomic mass is 16.5. The van der Waals surface area contributed by atoms with Crippen LogP contribution in [0.25, 0.3) is 0 Å². The Balaban J connectivity index is 1.93. The quantitative estimate of drug-likeness (QED) is 0.755. The van der Waals surface area contributed by atoms with E-state index in [1.165, 1.54) is 6.42 Å². The molecule has 1 aromatic rings. The number of carbonyl (C=O) groups excluding carboxylic acids is 1. The van der Waals surface area contributed by atoms with E-state index in [-0.39, 0.29) is 11.8 Å². The zero-order valence-corrected chi connectivity index (χ0v) is 13.2. The fraction of sp³-hybridized carbons (Fsp3) is 0.588. The number of ether oxygens (including phenoxy) is 2. The standard InChI is InChI=1S/C17H25NO3/c1-13(18(2)11-14-5-4-10-21-12-14)17(19)15-6-8-16(20-3)9-7-15/h6-9,13-14H,4-5,10-12H2,1-3H3. The molecule has 1 fully saturated rings. The van der Waals surface area contributed by atoms with Gasteiger partial charge in [0.1, 0.15) is 5.75 Å². The molecule has 1 aromatic carbocycles. The van der Waals surface area contributed by atoms with Gasteiger partial charge >= 0.3 is 0 Å². The summed E-state index contributed by atoms with van der Waals surface area (Å²) in [6, 6.07) is 7.19. The van der Waals surface area contributed by atoms with Crippen LogP contribution in [-0.4, -0.2) is 50.6 Å². The first kappa shape index (κ1) is 16.0. The number of likely N-dealkylation sites (N-methyl/N-ethyl adjacent to an activating group) is 1. The lowest BCUT2D eigenvalue weighted by Crippen LogP contribution is -2.40. The van der Waals surface area contributed by atoms with Gasteiger partial charge in [0.05, 0.1) is 19.8 Å². The predicted octanol–water partition coefficient (Wildman–Crippen LogP) is 2.62. The zero-order chi connectivity index (χ0) is 15.2. The Morgan fingerprint density at radius 1 is 1.43 bits per heavy atom. The van der Waals surface area contributed by atoms with Gasteiger partial charge in [0, 0.05) is 18.7 Å². The molecule has 0 spiro atoms. The topological polar surface area (TPSA) is 38.8 Å². The second-order valence-electron chi connectivity index (χ2n) is 5.79. The van der Waals surface area contributed by atoms with Crippen LogP contribution in [0.4, 0.5) is 0 Å². The van der Waals surface area contributed by atoms with Crippen LogP contribution in [0.1, 0.15) is 30.1 Å². The summed E-state index contributed by atoms with van der Waals surface area (Å²) in [5.74, 6) is 1.46. The van der Waals surface area contributed by atoms with Crippen molar-refractivity contribution in [3.05, 3.63) is 29.8 Å². The second kappa shape index (κ2) is 7.57. The molecule has 4 nitrogen and oxygen atoms in total. The molecule has 21 heavy (non-hydrogen) atoms. The van der Waals surface area contributed by atoms with Crippen LogP contribution in [0.15, 0.2) is 24.3 Å². The van der Waals surface area contributed by atoms with Crippen molar-refractivity contribution in [2.75, 3.05) is 33.9 Å². The summed E-state index contributed by atoms with van der Waals surface area (Å²) in [7, 11) is 3.64. The van der Waals surface area contributed by atoms with Gasteiger partial charge in [-0.15, -0.1) is 0 Å². The van der Waals surface area contributed by atoms with Crippen LogP contribution < -0.4 is 4.74 Å². The van der Waals surface area contributed by atoms with Crippen LogP contribution in [0.3, 0.4) is 0 Å². The molecule has 0 radical (unpaired) electrons. The molecule has 1 saturated heterocycles. The number of rotatable bonds is 6. The lowest BCUT2D eigenvalue weighted by Gasteiger charge is -2.30. The number of carbonyl (C=O) groups is 1. The molecule has 1 aliphatic rings. The van der Waals surface area contributed by atoms with Crippen molar-refractivity contribution < 1.29 is 14.3 Å². The smallest absolute Gasteiger partial charge is 0.179 e. The molecule has 1 aliphatic heterocycles. The van der Waals surface area contributed by atoms with E-state index in [0.29, 0.717) is 5.92 Å². The highest BCUT2D eigenvalue weighted by Gasteiger charge is 2.23. The van der Waals surface area contributed by atoms with Gasteiger partial charge in [-0.25, -0.2) is 0 Å². The van der Waals surface area contributed by atoms with Gasteiger partial charge in [0.15, 0.2) is 5.78 Å². The highest BCUT2D eigenvalue weighted by Crippen LogP contribution is 2.18. The average Bonchev–Trinajstić information content (AvgIpc) is 2.54. The number of hydrogen-bond acceptors (Lipinski definition) is 4. The summed E-state index contributed by atoms with van der Waals surface area (Å²) >= 11 is 0. The summed E-state index contributed by atoms with van der Waals surface area (Å²) in [5, 5.41) is 0. The number of hydrogen-bond donors (Lipinski definition) is 0. The van der Waals surface area contributed by atoms with E-state index < -0.39 is 0 Å². The number of Topliss-reactive ketones (excluding diaryl/α,β-unsaturated/α-hetero) is 1. The Morgan fingerprint density at radius 3 is 2.71 bits per heavy atom. The van der Waals surface area contributed by atoms with Crippen molar-refractivity contribution in [2.45, 2.75) is 25.8 Å². The van der Waals surface area contributed by atoms with E-state index in [1.807, 2.05) is 38.2 Å². The molecule has 116 valence electrons. The third kappa shape index (κ3) is 4.29. The minimum absolute atomic E-state index is 0.125. The maximum absolute atomic E-state index is 12.5. The van der Waals surface area contributed by atoms with Crippen molar-refractivity contribution in [3.8, 4) is 5.75 Å². The summed E-state index contributed by atoms with van der Waals surface area (Å²) in [4.78, 5) is 14.6. The minimum atomic E-state index is -0.125. The Hall–Kier alpha value is -1.39. The van der Waals surface area contributed by atoms with E-state index in [0.717, 1.165) is 37.5 Å². The van der Waals surface area contributed by atoms with Crippen molar-refractivity contribution in [2.24, 2.45) is 5.92 Å². The van der Waals surface area contributed by atoms with E-state index >= 15 is 0 Å². The van der Waals surface area contributed by atoms with E-state index in [4.69, 9.17) is 9.47 Å². The fourth-order valence-corrected chi connectivity index (χ4v) is 2.71. The molecule has 0 aromatic heterocycles. The number of methoxy groups -OCH3 is 1. The van der Waals surface area contributed by atoms with Crippen molar-refractivity contribution >= 4 is 5.78 Å². The summed E-state index contributed by atoms with van der Waals surface area (Å²) < 4.78 is 10.6. The zero-order valence-electron chi connectivity index (χ0n) is 13.2. The average molecular weight is 291 g/mol. The highest BCUT2D eigenvalue weighted by molar-refractivity contribution is 5.99. The van der Waals surface area contributed by atoms with E-state index in [1.54, 1.807) is 7.11 Å². The van der Waals surface area contributed by atoms with Crippen LogP contribution in [0, 0.1) is 5.92 Å². The van der Waals surface area contributed by atoms with E-state index in [9.17, 15) is 4.79 Å². The second-order valence-corrected chi connectivity index (χ2v) is 5.79. The van der Waals surface area contributed by atoms with Gasteiger partial charge in [-0.1, -0.05) is 0 Å². The Bertz CT molecular complexity index is 452. The Labute approximate surface area is 127 Å². The maximum Gasteiger partial charge on any atom is 0.179 e. The molecule has 1 heterocycles. The first-order valence-corrected chi connectivity index (χ1v) is 7.58. The summed E-state index contributed by atoms with van der Waals surface area (Å²) in [6.45, 7) is 4.56. The molecule has 2 unspecified atom stereocenters. The molecule has 0 saturated carbocycles. The number of ketones is 1. The van der Waals surface area contributed by atoms with Crippen LogP contribution in [-0.2, 0) is 4.74 Å². The van der Waals surface area contributed by atoms with Gasteiger partial charge in [0.25, 0.3) is 0 Å². The molecular formula is C17H25NO3. The predicted molar refractivity (Wildman–Crippen MR) is 83.0 cm³/mol. The number of nitrogens with zero attached hydrogens (tertiary/aromatic N) is 1. The first-order valence-electron chi connectivity index (χ1n) is 7.58. The third-order valence-corrected chi connectivity index (χ3v) is 4.22. The van der Waals surface area contributed by atoms with Crippen LogP contribution in [0.5, 0.6) is 5.75 Å². The Kier molecular flexibility index (Phi) is 5.76. The third-order valence-electron chi connectivity index (χ3n) is 4.22. The van der Waals surface area contributed by atoms with Gasteiger partial charge in [-0.2, -0.15) is 0 Å². The first-order chi connectivity index (χ1) is 10.1. The molecule has 0 amide bonds. The SMILES string of the molecule is COc1ccc(C(=O)C(C)N(C)CC2CCCOC2)cc1. The fourth-order valence-electron chi connectivity index (χ4n) is 2.71. The lowest BCUT2D eigenvalue weighted by atomic mass is 9.99. The minimum Gasteiger partial charge on any atom is -0.497 e. The molecule has 0 aliphatic carbocycles. The van der Waals surface area contributed by atoms with Crippen molar-refractivity contribution in [1.82, 2.24) is 4.90 Å². The number of benzene rings is 1. The molecule has 0 N–H and O–H groups in total. The lowest BCUT2D eigenvalue weighted by molar-refractivity contribution is 0.0364. The Morgan fingerprint density at radius 2 is 2.14 bits per heavy atom. The van der Waals surface area contributed by atoms with Gasteiger partial charge in [-0.3, -0.25) is 9.69 Å². The molecule has 4 heteroatoms. The molecule has 0 bridgehead atoms. The van der Waals surface area contributed by atoms with Gasteiger partial charge < -0.3 is 9.47 Å². The van der Waals surface area contributed by atoms with Crippen molar-refractivity contribution in [1.29, 1.82) is 0 Å². The molecule has 2 atom stereocenters. The normalized spacial score (nSPS) is 20.3. The van der Waals surface area contributed by atoms with Gasteiger partial charge in [0.2, 0.25) is 0 Å². The van der Waals surface area contributed by atoms with Crippen LogP contribution in [0.2, 0.25) is 0 Å². The monoisotopic (exact) mass is 291 g/mol. The summed E-state index contributed by atoms with van der Waals surface area (Å²) in [6.07, 6.45) is 2.31. The molecular weight excluding hydrogens is 266 g/mol. The van der Waals surface area contributed by atoms with Crippen LogP contribution >= 0.6 is 0 Å². The largest absolute Gasteiger partial charge is 0.497 e. The van der Waals surface area contributed by atoms with Crippen molar-refractivity contribution in [3.63, 3.8) is 0 Å². The van der Waals surface area contributed by atoms with Gasteiger partial charge in [-0.05, 0) is 57.0 Å². The maximum atomic E-state index is 12.5. The molecule has 2 rings (SSSR count). The summed E-state index contributed by atoms with van der Waals surface area (Å²) in [5.41, 5.74) is 0.732. The van der Waals surface area contributed by atoms with E-state index in [2.05, 4.69) is 4.90 Å².